The monoisotopic (exact) mass is 625 g/mol. The van der Waals surface area contributed by atoms with E-state index in [1.165, 1.54) is 66.0 Å². The summed E-state index contributed by atoms with van der Waals surface area (Å²) < 4.78 is 8.53. The predicted octanol–water partition coefficient (Wildman–Crippen LogP) is 12.8. The summed E-state index contributed by atoms with van der Waals surface area (Å²) in [7, 11) is 0. The molecule has 0 aliphatic rings. The highest BCUT2D eigenvalue weighted by Gasteiger charge is 2.15. The molecule has 0 atom stereocenters. The first-order valence-corrected chi connectivity index (χ1v) is 16.9. The molecule has 0 saturated carbocycles. The number of nitrogens with zero attached hydrogens (tertiary/aromatic N) is 1. The number of rotatable bonds is 5. The molecule has 2 nitrogen and oxygen atoms in total. The molecule has 230 valence electrons. The molecule has 0 N–H and O–H groups in total. The number of aromatic nitrogens is 1. The Morgan fingerprint density at radius 3 is 1.94 bits per heavy atom. The molecule has 2 heterocycles. The molecule has 0 radical (unpaired) electrons. The molecular weight excluding hydrogens is 595 g/mol. The highest BCUT2D eigenvalue weighted by molar-refractivity contribution is 6.11. The second-order valence-electron chi connectivity index (χ2n) is 13.0. The van der Waals surface area contributed by atoms with Crippen molar-refractivity contribution in [1.82, 2.24) is 4.57 Å². The zero-order valence-corrected chi connectivity index (χ0v) is 26.8. The van der Waals surface area contributed by atoms with Crippen LogP contribution in [0.15, 0.2) is 180 Å². The summed E-state index contributed by atoms with van der Waals surface area (Å²) in [6.45, 7) is 0. The Labute approximate surface area is 284 Å². The van der Waals surface area contributed by atoms with E-state index in [0.29, 0.717) is 0 Å². The van der Waals surface area contributed by atoms with Crippen LogP contribution in [0, 0.1) is 0 Å². The Kier molecular flexibility index (Phi) is 6.28. The van der Waals surface area contributed by atoms with E-state index in [2.05, 4.69) is 168 Å². The predicted molar refractivity (Wildman–Crippen MR) is 206 cm³/mol. The fourth-order valence-electron chi connectivity index (χ4n) is 7.61. The molecule has 0 aliphatic heterocycles. The van der Waals surface area contributed by atoms with Gasteiger partial charge in [0, 0.05) is 27.2 Å². The van der Waals surface area contributed by atoms with E-state index in [4.69, 9.17) is 4.42 Å². The maximum absolute atomic E-state index is 6.14. The molecule has 0 unspecified atom stereocenters. The molecule has 0 fully saturated rings. The largest absolute Gasteiger partial charge is 0.456 e. The smallest absolute Gasteiger partial charge is 0.135 e. The van der Waals surface area contributed by atoms with Crippen LogP contribution in [0.3, 0.4) is 0 Å². The normalized spacial score (nSPS) is 11.8. The minimum atomic E-state index is 0.906. The van der Waals surface area contributed by atoms with Crippen molar-refractivity contribution >= 4 is 54.5 Å². The minimum Gasteiger partial charge on any atom is -0.456 e. The fraction of sp³-hybridized carbons (Fsp3) is 0.0213. The van der Waals surface area contributed by atoms with Crippen LogP contribution < -0.4 is 0 Å². The van der Waals surface area contributed by atoms with Crippen LogP contribution in [-0.2, 0) is 6.42 Å². The van der Waals surface area contributed by atoms with Gasteiger partial charge in [0.1, 0.15) is 11.2 Å². The van der Waals surface area contributed by atoms with Gasteiger partial charge in [-0.1, -0.05) is 127 Å². The van der Waals surface area contributed by atoms with Crippen molar-refractivity contribution in [3.8, 4) is 27.9 Å². The number of fused-ring (bicyclic) bond motifs is 7. The lowest BCUT2D eigenvalue weighted by molar-refractivity contribution is 0.669. The number of benzene rings is 8. The Morgan fingerprint density at radius 1 is 0.367 bits per heavy atom. The number of furan rings is 1. The van der Waals surface area contributed by atoms with Crippen LogP contribution in [0.4, 0.5) is 0 Å². The molecule has 0 spiro atoms. The van der Waals surface area contributed by atoms with Gasteiger partial charge in [0.2, 0.25) is 0 Å². The first kappa shape index (κ1) is 27.7. The minimum absolute atomic E-state index is 0.906. The van der Waals surface area contributed by atoms with Crippen molar-refractivity contribution in [1.29, 1.82) is 0 Å². The Balaban J connectivity index is 1.03. The molecule has 0 saturated heterocycles. The van der Waals surface area contributed by atoms with Gasteiger partial charge >= 0.3 is 0 Å². The van der Waals surface area contributed by atoms with Gasteiger partial charge in [-0.15, -0.1) is 0 Å². The van der Waals surface area contributed by atoms with Crippen molar-refractivity contribution in [2.24, 2.45) is 0 Å². The highest BCUT2D eigenvalue weighted by atomic mass is 16.3. The maximum Gasteiger partial charge on any atom is 0.135 e. The average Bonchev–Trinajstić information content (AvgIpc) is 3.70. The second-order valence-corrected chi connectivity index (χ2v) is 13.0. The topological polar surface area (TPSA) is 18.1 Å². The summed E-state index contributed by atoms with van der Waals surface area (Å²) in [6.07, 6.45) is 0.906. The van der Waals surface area contributed by atoms with Crippen molar-refractivity contribution in [3.63, 3.8) is 0 Å². The van der Waals surface area contributed by atoms with Gasteiger partial charge in [-0.3, -0.25) is 0 Å². The third kappa shape index (κ3) is 4.72. The summed E-state index contributed by atoms with van der Waals surface area (Å²) in [5.41, 5.74) is 12.9. The molecule has 2 heteroatoms. The Hall–Kier alpha value is -6.38. The van der Waals surface area contributed by atoms with E-state index in [9.17, 15) is 0 Å². The first-order valence-electron chi connectivity index (χ1n) is 16.9. The number of hydrogen-bond donors (Lipinski definition) is 0. The van der Waals surface area contributed by atoms with E-state index in [1.807, 2.05) is 12.1 Å². The maximum atomic E-state index is 6.14. The zero-order valence-electron chi connectivity index (χ0n) is 26.8. The van der Waals surface area contributed by atoms with E-state index in [-0.39, 0.29) is 0 Å². The lowest BCUT2D eigenvalue weighted by Crippen LogP contribution is -1.93. The third-order valence-corrected chi connectivity index (χ3v) is 9.97. The van der Waals surface area contributed by atoms with Gasteiger partial charge in [0.15, 0.2) is 0 Å². The molecule has 2 aromatic heterocycles. The van der Waals surface area contributed by atoms with Crippen molar-refractivity contribution in [2.75, 3.05) is 0 Å². The van der Waals surface area contributed by atoms with Gasteiger partial charge in [-0.2, -0.15) is 0 Å². The van der Waals surface area contributed by atoms with Crippen LogP contribution in [-0.4, -0.2) is 4.57 Å². The van der Waals surface area contributed by atoms with Crippen LogP contribution >= 0.6 is 0 Å². The molecule has 10 aromatic rings. The van der Waals surface area contributed by atoms with Gasteiger partial charge in [0.25, 0.3) is 0 Å². The summed E-state index contributed by atoms with van der Waals surface area (Å²) in [4.78, 5) is 0. The fourth-order valence-corrected chi connectivity index (χ4v) is 7.61. The van der Waals surface area contributed by atoms with Gasteiger partial charge < -0.3 is 8.98 Å². The molecule has 8 aromatic carbocycles. The molecule has 49 heavy (non-hydrogen) atoms. The van der Waals surface area contributed by atoms with Gasteiger partial charge in [-0.05, 0) is 99.1 Å². The standard InChI is InChI=1S/C47H31NO/c1-2-11-34-27-32(19-20-33(34)10-1)25-31-9-7-12-35(26-31)36-13-8-14-37(28-36)38-21-23-45-42(29-38)40-15-3-5-17-44(40)48(45)39-22-24-47-43(30-39)41-16-4-6-18-46(41)49-47/h1-24,26-30H,25H2. The van der Waals surface area contributed by atoms with E-state index in [1.54, 1.807) is 0 Å². The van der Waals surface area contributed by atoms with Crippen LogP contribution in [0.25, 0.3) is 82.5 Å². The molecular formula is C47H31NO. The summed E-state index contributed by atoms with van der Waals surface area (Å²) in [6, 6.07) is 63.7. The summed E-state index contributed by atoms with van der Waals surface area (Å²) >= 11 is 0. The molecule has 0 aliphatic carbocycles. The molecule has 0 amide bonds. The summed E-state index contributed by atoms with van der Waals surface area (Å²) in [5.74, 6) is 0. The second kappa shape index (κ2) is 11.1. The quantitative estimate of drug-likeness (QED) is 0.186. The summed E-state index contributed by atoms with van der Waals surface area (Å²) in [5, 5.41) is 7.33. The van der Waals surface area contributed by atoms with Crippen molar-refractivity contribution in [2.45, 2.75) is 6.42 Å². The van der Waals surface area contributed by atoms with E-state index < -0.39 is 0 Å². The third-order valence-electron chi connectivity index (χ3n) is 9.97. The number of hydrogen-bond acceptors (Lipinski definition) is 1. The van der Waals surface area contributed by atoms with Gasteiger partial charge in [-0.25, -0.2) is 0 Å². The highest BCUT2D eigenvalue weighted by Crippen LogP contribution is 2.38. The molecule has 0 bridgehead atoms. The van der Waals surface area contributed by atoms with Crippen LogP contribution in [0.2, 0.25) is 0 Å². The average molecular weight is 626 g/mol. The van der Waals surface area contributed by atoms with Gasteiger partial charge in [0.05, 0.1) is 11.0 Å². The van der Waals surface area contributed by atoms with Crippen LogP contribution in [0.1, 0.15) is 11.1 Å². The lowest BCUT2D eigenvalue weighted by atomic mass is 9.95. The van der Waals surface area contributed by atoms with Crippen molar-refractivity contribution < 1.29 is 4.42 Å². The van der Waals surface area contributed by atoms with Crippen molar-refractivity contribution in [3.05, 3.63) is 187 Å². The SMILES string of the molecule is c1cc(Cc2ccc3ccccc3c2)cc(-c2cccc(-c3ccc4c(c3)c3ccccc3n4-c3ccc4oc5ccccc5c4c3)c2)c1. The van der Waals surface area contributed by atoms with Crippen LogP contribution in [0.5, 0.6) is 0 Å². The Bertz CT molecular complexity index is 2870. The van der Waals surface area contributed by atoms with E-state index >= 15 is 0 Å². The number of para-hydroxylation sites is 2. The lowest BCUT2D eigenvalue weighted by Gasteiger charge is -2.10. The first-order chi connectivity index (χ1) is 24.2. The zero-order chi connectivity index (χ0) is 32.3. The van der Waals surface area contributed by atoms with E-state index in [0.717, 1.165) is 34.0 Å². The Morgan fingerprint density at radius 2 is 1.04 bits per heavy atom. The molecule has 10 rings (SSSR count).